The lowest BCUT2D eigenvalue weighted by atomic mass is 9.97. The second-order valence-electron chi connectivity index (χ2n) is 14.6. The van der Waals surface area contributed by atoms with Gasteiger partial charge in [0.25, 0.3) is 5.91 Å². The van der Waals surface area contributed by atoms with Gasteiger partial charge in [0, 0.05) is 74.2 Å². The number of piperazine rings is 1. The Morgan fingerprint density at radius 1 is 1.04 bits per heavy atom. The highest BCUT2D eigenvalue weighted by molar-refractivity contribution is 5.99. The summed E-state index contributed by atoms with van der Waals surface area (Å²) in [5.41, 5.74) is 2.47. The number of aryl methyl sites for hydroxylation is 1. The fourth-order valence-electron chi connectivity index (χ4n) is 6.77. The molecule has 10 heteroatoms. The maximum absolute atomic E-state index is 13.4. The van der Waals surface area contributed by atoms with Gasteiger partial charge >= 0.3 is 6.09 Å². The van der Waals surface area contributed by atoms with Crippen molar-refractivity contribution < 1.29 is 14.3 Å². The van der Waals surface area contributed by atoms with Gasteiger partial charge in [0.1, 0.15) is 17.3 Å². The van der Waals surface area contributed by atoms with Gasteiger partial charge in [-0.15, -0.1) is 0 Å². The maximum atomic E-state index is 13.4. The van der Waals surface area contributed by atoms with Crippen molar-refractivity contribution in [1.82, 2.24) is 25.4 Å². The van der Waals surface area contributed by atoms with Crippen LogP contribution in [0, 0.1) is 11.8 Å². The molecule has 4 heterocycles. The summed E-state index contributed by atoms with van der Waals surface area (Å²) in [5.74, 6) is 8.36. The topological polar surface area (TPSA) is 102 Å². The smallest absolute Gasteiger partial charge is 0.408 e. The molecule has 1 atom stereocenters. The summed E-state index contributed by atoms with van der Waals surface area (Å²) in [7, 11) is 0. The number of likely N-dealkylation sites (tertiary alicyclic amines) is 1. The van der Waals surface area contributed by atoms with E-state index in [1.807, 2.05) is 70.0 Å². The number of rotatable bonds is 7. The van der Waals surface area contributed by atoms with E-state index in [-0.39, 0.29) is 5.91 Å². The minimum Gasteiger partial charge on any atom is -0.444 e. The number of alkyl carbamates (subject to hydrolysis) is 1. The van der Waals surface area contributed by atoms with Gasteiger partial charge in [0.05, 0.1) is 12.1 Å². The second-order valence-corrected chi connectivity index (χ2v) is 14.6. The zero-order valence-corrected chi connectivity index (χ0v) is 29.9. The van der Waals surface area contributed by atoms with Gasteiger partial charge < -0.3 is 25.2 Å². The predicted octanol–water partition coefficient (Wildman–Crippen LogP) is 4.85. The standard InChI is InChI=1S/C38H53N7O3/c1-8-28-24-30(33-39-18-19-40-33)25-41-34(28)44-22-23-45(31(9-2)26-44)32-15-20-43(21-16-32)35(46)29-12-10-27(11-13-29)14-17-38(6,7)42-36(47)48-37(3,4)5/h10-13,24-25,31-32H,8-9,15-16,18-23,26H2,1-7H3,(H,39,40)(H,42,47). The number of nitrogens with zero attached hydrogens (tertiary/aromatic N) is 5. The van der Waals surface area contributed by atoms with Crippen molar-refractivity contribution in [3.63, 3.8) is 0 Å². The van der Waals surface area contributed by atoms with E-state index in [1.54, 1.807) is 0 Å². The quantitative estimate of drug-likeness (QED) is 0.411. The predicted molar refractivity (Wildman–Crippen MR) is 192 cm³/mol. The SMILES string of the molecule is CCc1cc(C2=NCCN2)cnc1N1CCN(C2CCN(C(=O)c3ccc(C#CC(C)(C)NC(=O)OC(C)(C)C)cc3)CC2)C(CC)C1. The Labute approximate surface area is 286 Å². The lowest BCUT2D eigenvalue weighted by molar-refractivity contribution is 0.0484. The molecule has 0 bridgehead atoms. The lowest BCUT2D eigenvalue weighted by Crippen LogP contribution is -2.59. The number of anilines is 1. The lowest BCUT2D eigenvalue weighted by Gasteiger charge is -2.48. The number of ether oxygens (including phenoxy) is 1. The van der Waals surface area contributed by atoms with E-state index in [9.17, 15) is 9.59 Å². The second kappa shape index (κ2) is 15.0. The number of amides is 2. The minimum absolute atomic E-state index is 0.0668. The van der Waals surface area contributed by atoms with Crippen LogP contribution in [0.2, 0.25) is 0 Å². The normalized spacial score (nSPS) is 19.2. The Balaban J connectivity index is 1.13. The van der Waals surface area contributed by atoms with E-state index >= 15 is 0 Å². The Morgan fingerprint density at radius 2 is 1.77 bits per heavy atom. The van der Waals surface area contributed by atoms with E-state index in [4.69, 9.17) is 9.72 Å². The van der Waals surface area contributed by atoms with E-state index in [1.165, 1.54) is 5.56 Å². The molecule has 0 radical (unpaired) electrons. The number of carbonyl (C=O) groups is 2. The third-order valence-electron chi connectivity index (χ3n) is 9.26. The summed E-state index contributed by atoms with van der Waals surface area (Å²) in [6.07, 6.45) is 5.45. The molecule has 258 valence electrons. The van der Waals surface area contributed by atoms with Crippen LogP contribution in [0.3, 0.4) is 0 Å². The average molecular weight is 656 g/mol. The monoisotopic (exact) mass is 655 g/mol. The summed E-state index contributed by atoms with van der Waals surface area (Å²) in [4.78, 5) is 42.3. The molecule has 2 N–H and O–H groups in total. The van der Waals surface area contributed by atoms with Crippen molar-refractivity contribution in [2.24, 2.45) is 4.99 Å². The molecule has 0 aliphatic carbocycles. The average Bonchev–Trinajstić information content (AvgIpc) is 3.61. The largest absolute Gasteiger partial charge is 0.444 e. The van der Waals surface area contributed by atoms with Crippen LogP contribution in [0.25, 0.3) is 0 Å². The van der Waals surface area contributed by atoms with Crippen LogP contribution in [0.4, 0.5) is 10.6 Å². The highest BCUT2D eigenvalue weighted by Crippen LogP contribution is 2.28. The molecule has 0 saturated carbocycles. The number of hydrogen-bond acceptors (Lipinski definition) is 8. The number of aliphatic imine (C=N–C) groups is 1. The first-order chi connectivity index (χ1) is 22.9. The third-order valence-corrected chi connectivity index (χ3v) is 9.26. The molecule has 10 nitrogen and oxygen atoms in total. The van der Waals surface area contributed by atoms with Crippen LogP contribution in [0.1, 0.15) is 94.8 Å². The molecule has 0 spiro atoms. The van der Waals surface area contributed by atoms with Crippen LogP contribution < -0.4 is 15.5 Å². The third kappa shape index (κ3) is 8.87. The first kappa shape index (κ1) is 35.2. The van der Waals surface area contributed by atoms with E-state index in [0.29, 0.717) is 17.6 Å². The van der Waals surface area contributed by atoms with Crippen LogP contribution in [-0.4, -0.2) is 102 Å². The molecule has 2 fully saturated rings. The summed E-state index contributed by atoms with van der Waals surface area (Å²) in [5, 5.41) is 6.17. The Bertz CT molecular complexity index is 1540. The van der Waals surface area contributed by atoms with E-state index in [0.717, 1.165) is 94.3 Å². The molecular weight excluding hydrogens is 602 g/mol. The minimum atomic E-state index is -0.770. The van der Waals surface area contributed by atoms with Gasteiger partial charge in [-0.05, 0) is 96.2 Å². The van der Waals surface area contributed by atoms with Crippen LogP contribution in [0.15, 0.2) is 41.5 Å². The number of amidine groups is 1. The molecule has 3 aliphatic heterocycles. The van der Waals surface area contributed by atoms with Crippen molar-refractivity contribution in [2.75, 3.05) is 50.7 Å². The Hall–Kier alpha value is -4.10. The molecule has 1 aromatic heterocycles. The molecule has 2 aromatic rings. The maximum Gasteiger partial charge on any atom is 0.408 e. The molecule has 2 amide bonds. The molecular formula is C38H53N7O3. The van der Waals surface area contributed by atoms with E-state index < -0.39 is 17.2 Å². The Morgan fingerprint density at radius 3 is 2.40 bits per heavy atom. The van der Waals surface area contributed by atoms with Gasteiger partial charge in [-0.1, -0.05) is 25.7 Å². The highest BCUT2D eigenvalue weighted by Gasteiger charge is 2.35. The summed E-state index contributed by atoms with van der Waals surface area (Å²) in [6.45, 7) is 19.8. The number of nitrogens with one attached hydrogen (secondary N) is 2. The molecule has 2 saturated heterocycles. The number of aromatic nitrogens is 1. The van der Waals surface area contributed by atoms with Crippen molar-refractivity contribution in [2.45, 2.75) is 97.4 Å². The highest BCUT2D eigenvalue weighted by atomic mass is 16.6. The van der Waals surface area contributed by atoms with Crippen molar-refractivity contribution in [3.8, 4) is 11.8 Å². The fourth-order valence-corrected chi connectivity index (χ4v) is 6.77. The van der Waals surface area contributed by atoms with Crippen LogP contribution >= 0.6 is 0 Å². The molecule has 5 rings (SSSR count). The van der Waals surface area contributed by atoms with Gasteiger partial charge in [-0.25, -0.2) is 9.78 Å². The first-order valence-corrected chi connectivity index (χ1v) is 17.6. The molecule has 3 aliphatic rings. The van der Waals surface area contributed by atoms with Crippen molar-refractivity contribution in [1.29, 1.82) is 0 Å². The zero-order chi connectivity index (χ0) is 34.5. The van der Waals surface area contributed by atoms with Gasteiger partial charge in [0.15, 0.2) is 0 Å². The van der Waals surface area contributed by atoms with Gasteiger partial charge in [0.2, 0.25) is 0 Å². The number of carbonyl (C=O) groups excluding carboxylic acids is 2. The van der Waals surface area contributed by atoms with E-state index in [2.05, 4.69) is 57.2 Å². The Kier molecular flexibility index (Phi) is 11.0. The summed E-state index contributed by atoms with van der Waals surface area (Å²) >= 11 is 0. The van der Waals surface area contributed by atoms with Crippen molar-refractivity contribution >= 4 is 23.7 Å². The van der Waals surface area contributed by atoms with Gasteiger partial charge in [-0.2, -0.15) is 0 Å². The number of pyridine rings is 1. The molecule has 1 unspecified atom stereocenters. The summed E-state index contributed by atoms with van der Waals surface area (Å²) in [6, 6.07) is 10.6. The van der Waals surface area contributed by atoms with Crippen LogP contribution in [-0.2, 0) is 11.2 Å². The first-order valence-electron chi connectivity index (χ1n) is 17.6. The number of hydrogen-bond donors (Lipinski definition) is 2. The summed E-state index contributed by atoms with van der Waals surface area (Å²) < 4.78 is 5.35. The fraction of sp³-hybridized carbons (Fsp3) is 0.579. The molecule has 48 heavy (non-hydrogen) atoms. The molecule has 1 aromatic carbocycles. The number of piperidine rings is 1. The number of benzene rings is 1. The van der Waals surface area contributed by atoms with Gasteiger partial charge in [-0.3, -0.25) is 14.7 Å². The zero-order valence-electron chi connectivity index (χ0n) is 29.9. The van der Waals surface area contributed by atoms with Crippen LogP contribution in [0.5, 0.6) is 0 Å². The van der Waals surface area contributed by atoms with Crippen molar-refractivity contribution in [3.05, 3.63) is 58.8 Å².